The Balaban J connectivity index is 0. The average Bonchev–Trinajstić information content (AvgIpc) is 2.34. The summed E-state index contributed by atoms with van der Waals surface area (Å²) in [5.74, 6) is 0. The van der Waals surface area contributed by atoms with Crippen LogP contribution in [0.25, 0.3) is 0 Å². The minimum Gasteiger partial charge on any atom is -0.820 e. The van der Waals surface area contributed by atoms with E-state index >= 15 is 0 Å². The quantitative estimate of drug-likeness (QED) is 0.281. The van der Waals surface area contributed by atoms with Crippen molar-refractivity contribution in [2.24, 2.45) is 0 Å². The molecule has 0 spiro atoms. The van der Waals surface area contributed by atoms with Gasteiger partial charge in [-0.15, -0.1) is 0 Å². The van der Waals surface area contributed by atoms with E-state index in [1.165, 1.54) is 64.2 Å². The van der Waals surface area contributed by atoms with E-state index in [1.807, 2.05) is 0 Å². The van der Waals surface area contributed by atoms with Crippen LogP contribution in [0.2, 0.25) is 0 Å². The Labute approximate surface area is 150 Å². The largest absolute Gasteiger partial charge is 2.00 e. The smallest absolute Gasteiger partial charge is 0.820 e. The second kappa shape index (κ2) is 19.6. The Kier molecular flexibility index (Phi) is 23.5. The van der Waals surface area contributed by atoms with E-state index in [-0.39, 0.29) is 37.7 Å². The Morgan fingerprint density at radius 3 is 1.42 bits per heavy atom. The van der Waals surface area contributed by atoms with Crippen LogP contribution in [0.5, 0.6) is 0 Å². The van der Waals surface area contributed by atoms with Gasteiger partial charge in [-0.2, -0.15) is 8.60 Å². The normalized spacial score (nSPS) is 10.7. The van der Waals surface area contributed by atoms with E-state index in [0.717, 1.165) is 12.8 Å². The second-order valence-electron chi connectivity index (χ2n) is 4.95. The molecule has 0 saturated heterocycles. The molecule has 0 aliphatic heterocycles. The summed E-state index contributed by atoms with van der Waals surface area (Å²) >= 11 is 0. The predicted octanol–water partition coefficient (Wildman–Crippen LogP) is 3.27. The Bertz CT molecular complexity index is 160. The first kappa shape index (κ1) is 22.8. The third kappa shape index (κ3) is 22.0. The number of hydrogen-bond acceptors (Lipinski definition) is 3. The summed E-state index contributed by atoms with van der Waals surface area (Å²) in [6.45, 7) is 2.61. The van der Waals surface area contributed by atoms with Gasteiger partial charge in [-0.3, -0.25) is 0 Å². The molecule has 0 unspecified atom stereocenters. The molecule has 0 amide bonds. The molecule has 0 aromatic carbocycles. The van der Waals surface area contributed by atoms with Crippen LogP contribution >= 0.6 is 8.60 Å². The molecule has 0 saturated carbocycles. The van der Waals surface area contributed by atoms with Gasteiger partial charge >= 0.3 is 37.7 Å². The summed E-state index contributed by atoms with van der Waals surface area (Å²) in [4.78, 5) is 20.2. The topological polar surface area (TPSA) is 55.3 Å². The van der Waals surface area contributed by atoms with Crippen LogP contribution in [0.4, 0.5) is 0 Å². The molecule has 110 valence electrons. The van der Waals surface area contributed by atoms with E-state index < -0.39 is 8.60 Å². The van der Waals surface area contributed by atoms with Crippen LogP contribution in [-0.2, 0) is 4.52 Å². The van der Waals surface area contributed by atoms with Crippen molar-refractivity contribution < 1.29 is 14.3 Å². The van der Waals surface area contributed by atoms with Gasteiger partial charge in [0.1, 0.15) is 0 Å². The third-order valence-corrected chi connectivity index (χ3v) is 3.59. The third-order valence-electron chi connectivity index (χ3n) is 3.19. The fourth-order valence-corrected chi connectivity index (χ4v) is 2.36. The van der Waals surface area contributed by atoms with E-state index in [4.69, 9.17) is 0 Å². The summed E-state index contributed by atoms with van der Waals surface area (Å²) < 4.78 is 4.49. The molecule has 0 aliphatic rings. The monoisotopic (exact) mass is 316 g/mol. The number of unbranched alkanes of at least 4 members (excludes halogenated alkanes) is 11. The molecule has 0 atom stereocenters. The Morgan fingerprint density at radius 2 is 1.05 bits per heavy atom. The minimum absolute atomic E-state index is 0. The van der Waals surface area contributed by atoms with Gasteiger partial charge in [-0.25, -0.2) is 0 Å². The molecule has 0 aliphatic carbocycles. The van der Waals surface area contributed by atoms with Crippen molar-refractivity contribution in [1.82, 2.24) is 0 Å². The van der Waals surface area contributed by atoms with E-state index in [0.29, 0.717) is 6.61 Å². The first-order valence-corrected chi connectivity index (χ1v) is 8.64. The number of hydrogen-bond donors (Lipinski definition) is 0. The summed E-state index contributed by atoms with van der Waals surface area (Å²) in [6.07, 6.45) is 15.4. The Hall–Kier alpha value is 1.57. The van der Waals surface area contributed by atoms with Crippen LogP contribution in [0.15, 0.2) is 0 Å². The van der Waals surface area contributed by atoms with Crippen molar-refractivity contribution in [3.05, 3.63) is 0 Å². The molecule has 5 heteroatoms. The fraction of sp³-hybridized carbons (Fsp3) is 1.00. The molecule has 19 heavy (non-hydrogen) atoms. The van der Waals surface area contributed by atoms with Gasteiger partial charge < -0.3 is 14.3 Å². The first-order chi connectivity index (χ1) is 8.77. The van der Waals surface area contributed by atoms with Crippen LogP contribution in [0, 0.1) is 0 Å². The van der Waals surface area contributed by atoms with E-state index in [1.54, 1.807) is 0 Å². The van der Waals surface area contributed by atoms with Gasteiger partial charge in [-0.1, -0.05) is 77.6 Å². The fourth-order valence-electron chi connectivity index (χ4n) is 2.08. The van der Waals surface area contributed by atoms with Gasteiger partial charge in [0.25, 0.3) is 0 Å². The van der Waals surface area contributed by atoms with Gasteiger partial charge in [0, 0.05) is 6.61 Å². The minimum atomic E-state index is -2.64. The summed E-state index contributed by atoms with van der Waals surface area (Å²) in [5, 5.41) is 0. The maximum absolute atomic E-state index is 10.1. The zero-order chi connectivity index (χ0) is 13.5. The van der Waals surface area contributed by atoms with Crippen LogP contribution in [0.1, 0.15) is 84.0 Å². The second-order valence-corrected chi connectivity index (χ2v) is 5.65. The van der Waals surface area contributed by atoms with E-state index in [9.17, 15) is 9.79 Å². The van der Waals surface area contributed by atoms with Crippen molar-refractivity contribution in [2.75, 3.05) is 6.61 Å². The van der Waals surface area contributed by atoms with E-state index in [2.05, 4.69) is 11.4 Å². The summed E-state index contributed by atoms with van der Waals surface area (Å²) in [6, 6.07) is 0. The molecular weight excluding hydrogens is 287 g/mol. The zero-order valence-corrected chi connectivity index (χ0v) is 15.7. The summed E-state index contributed by atoms with van der Waals surface area (Å²) in [5.41, 5.74) is 0. The molecule has 0 aromatic rings. The van der Waals surface area contributed by atoms with Crippen LogP contribution in [0.3, 0.4) is 0 Å². The summed E-state index contributed by atoms with van der Waals surface area (Å²) in [7, 11) is -2.64. The van der Waals surface area contributed by atoms with Gasteiger partial charge in [0.2, 0.25) is 0 Å². The SMILES string of the molecule is CCCCCCCCCCCCCCOP([O-])[O-].[Ca+2]. The zero-order valence-electron chi connectivity index (χ0n) is 12.6. The van der Waals surface area contributed by atoms with Crippen LogP contribution < -0.4 is 9.79 Å². The van der Waals surface area contributed by atoms with Gasteiger partial charge in [0.15, 0.2) is 0 Å². The Morgan fingerprint density at radius 1 is 0.684 bits per heavy atom. The molecule has 0 N–H and O–H groups in total. The van der Waals surface area contributed by atoms with Crippen molar-refractivity contribution >= 4 is 46.3 Å². The van der Waals surface area contributed by atoms with Crippen molar-refractivity contribution in [3.8, 4) is 0 Å². The predicted molar refractivity (Wildman–Crippen MR) is 79.7 cm³/mol. The van der Waals surface area contributed by atoms with Crippen LogP contribution in [-0.4, -0.2) is 44.3 Å². The maximum Gasteiger partial charge on any atom is 2.00 e. The molecular formula is C14H29CaO3P. The van der Waals surface area contributed by atoms with Crippen molar-refractivity contribution in [3.63, 3.8) is 0 Å². The first-order valence-electron chi connectivity index (χ1n) is 7.54. The molecule has 0 bridgehead atoms. The van der Waals surface area contributed by atoms with Crippen molar-refractivity contribution in [2.45, 2.75) is 84.0 Å². The standard InChI is InChI=1S/C14H29O3P.Ca/c1-2-3-4-5-6-7-8-9-10-11-12-13-14-17-18(15)16;/h2-14H2,1H3;/q-2;+2. The average molecular weight is 316 g/mol. The maximum atomic E-state index is 10.1. The molecule has 0 rings (SSSR count). The number of rotatable bonds is 14. The molecule has 0 heterocycles. The van der Waals surface area contributed by atoms with Crippen molar-refractivity contribution in [1.29, 1.82) is 0 Å². The molecule has 0 radical (unpaired) electrons. The van der Waals surface area contributed by atoms with Gasteiger partial charge in [0.05, 0.1) is 0 Å². The molecule has 3 nitrogen and oxygen atoms in total. The van der Waals surface area contributed by atoms with Gasteiger partial charge in [-0.05, 0) is 6.42 Å². The molecule has 0 aromatic heterocycles. The molecule has 0 fully saturated rings.